The van der Waals surface area contributed by atoms with Crippen molar-refractivity contribution >= 4 is 28.4 Å². The average molecular weight is 263 g/mol. The molecular formula is C14H15ClN2O. The van der Waals surface area contributed by atoms with Gasteiger partial charge in [0.1, 0.15) is 0 Å². The quantitative estimate of drug-likeness (QED) is 0.844. The van der Waals surface area contributed by atoms with Gasteiger partial charge in [-0.25, -0.2) is 0 Å². The molecule has 94 valence electrons. The first kappa shape index (κ1) is 11.6. The first-order valence-electron chi connectivity index (χ1n) is 6.15. The van der Waals surface area contributed by atoms with Gasteiger partial charge in [0.15, 0.2) is 0 Å². The molecule has 3 nitrogen and oxygen atoms in total. The van der Waals surface area contributed by atoms with Crippen molar-refractivity contribution in [3.8, 4) is 0 Å². The van der Waals surface area contributed by atoms with E-state index in [0.717, 1.165) is 35.7 Å². The number of amides is 1. The number of carbonyl (C=O) groups is 1. The molecule has 0 bridgehead atoms. The number of halogens is 1. The molecule has 2 aromatic rings. The topological polar surface area (TPSA) is 48.0 Å². The van der Waals surface area contributed by atoms with Gasteiger partial charge >= 0.3 is 0 Å². The molecule has 3 rings (SSSR count). The Bertz CT molecular complexity index is 645. The molecule has 1 aliphatic rings. The Hall–Kier alpha value is -1.48. The number of fused-ring (bicyclic) bond motifs is 3. The fourth-order valence-corrected chi connectivity index (χ4v) is 3.26. The molecule has 0 radical (unpaired) electrons. The lowest BCUT2D eigenvalue weighted by molar-refractivity contribution is -0.119. The maximum Gasteiger partial charge on any atom is 0.225 e. The molecule has 0 saturated heterocycles. The van der Waals surface area contributed by atoms with Crippen LogP contribution in [0.3, 0.4) is 0 Å². The van der Waals surface area contributed by atoms with Crippen molar-refractivity contribution < 1.29 is 4.79 Å². The van der Waals surface area contributed by atoms with E-state index in [0.29, 0.717) is 5.02 Å². The number of nitrogens with two attached hydrogens (primary N) is 1. The van der Waals surface area contributed by atoms with Gasteiger partial charge < -0.3 is 10.3 Å². The summed E-state index contributed by atoms with van der Waals surface area (Å²) in [6, 6.07) is 5.83. The zero-order chi connectivity index (χ0) is 12.9. The largest absolute Gasteiger partial charge is 0.369 e. The van der Waals surface area contributed by atoms with Gasteiger partial charge in [0.2, 0.25) is 5.91 Å². The molecule has 4 heteroatoms. The Balaban J connectivity index is 2.36. The first-order chi connectivity index (χ1) is 8.59. The van der Waals surface area contributed by atoms with Crippen molar-refractivity contribution in [3.05, 3.63) is 34.5 Å². The predicted octanol–water partition coefficient (Wildman–Crippen LogP) is 2.74. The molecule has 1 amide bonds. The van der Waals surface area contributed by atoms with Crippen molar-refractivity contribution in [2.24, 2.45) is 12.8 Å². The number of nitrogens with zero attached hydrogens (tertiary/aromatic N) is 1. The summed E-state index contributed by atoms with van der Waals surface area (Å²) in [5.41, 5.74) is 8.98. The third-order valence-electron chi connectivity index (χ3n) is 3.92. The fourth-order valence-electron chi connectivity index (χ4n) is 3.09. The zero-order valence-corrected chi connectivity index (χ0v) is 11.0. The van der Waals surface area contributed by atoms with Crippen LogP contribution in [0.15, 0.2) is 18.2 Å². The maximum absolute atomic E-state index is 11.6. The van der Waals surface area contributed by atoms with Crippen molar-refractivity contribution in [2.75, 3.05) is 0 Å². The van der Waals surface area contributed by atoms with Gasteiger partial charge in [-0.2, -0.15) is 0 Å². The molecule has 1 atom stereocenters. The van der Waals surface area contributed by atoms with Crippen LogP contribution in [0, 0.1) is 0 Å². The summed E-state index contributed by atoms with van der Waals surface area (Å²) in [5.74, 6) is -0.403. The van der Waals surface area contributed by atoms with Crippen molar-refractivity contribution in [1.82, 2.24) is 4.57 Å². The summed E-state index contributed by atoms with van der Waals surface area (Å²) in [6.07, 6.45) is 2.86. The minimum atomic E-state index is -0.233. The van der Waals surface area contributed by atoms with Crippen LogP contribution in [0.25, 0.3) is 10.9 Å². The standard InChI is InChI=1S/C14H15ClN2O/c1-17-11-6-5-8(15)7-10(11)13-9(14(16)18)3-2-4-12(13)17/h5-7,9H,2-4H2,1H3,(H2,16,18). The second kappa shape index (κ2) is 4.02. The molecule has 18 heavy (non-hydrogen) atoms. The van der Waals surface area contributed by atoms with E-state index in [2.05, 4.69) is 4.57 Å². The SMILES string of the molecule is Cn1c2c(c3cc(Cl)ccc31)C(C(N)=O)CCC2. The van der Waals surface area contributed by atoms with E-state index in [4.69, 9.17) is 17.3 Å². The van der Waals surface area contributed by atoms with Gasteiger partial charge in [0, 0.05) is 28.7 Å². The van der Waals surface area contributed by atoms with Crippen molar-refractivity contribution in [2.45, 2.75) is 25.2 Å². The van der Waals surface area contributed by atoms with Gasteiger partial charge in [-0.05, 0) is 43.0 Å². The summed E-state index contributed by atoms with van der Waals surface area (Å²) >= 11 is 6.07. The highest BCUT2D eigenvalue weighted by atomic mass is 35.5. The number of carbonyl (C=O) groups excluding carboxylic acids is 1. The summed E-state index contributed by atoms with van der Waals surface area (Å²) in [6.45, 7) is 0. The van der Waals surface area contributed by atoms with Crippen LogP contribution in [0.1, 0.15) is 30.0 Å². The van der Waals surface area contributed by atoms with E-state index in [1.165, 1.54) is 5.69 Å². The number of aromatic nitrogens is 1. The van der Waals surface area contributed by atoms with Crippen molar-refractivity contribution in [3.63, 3.8) is 0 Å². The zero-order valence-electron chi connectivity index (χ0n) is 10.2. The molecule has 1 unspecified atom stereocenters. The smallest absolute Gasteiger partial charge is 0.225 e. The number of rotatable bonds is 1. The van der Waals surface area contributed by atoms with Crippen LogP contribution in [-0.2, 0) is 18.3 Å². The molecule has 1 heterocycles. The highest BCUT2D eigenvalue weighted by Gasteiger charge is 2.29. The Morgan fingerprint density at radius 3 is 3.00 bits per heavy atom. The summed E-state index contributed by atoms with van der Waals surface area (Å²) in [5, 5.41) is 1.77. The monoisotopic (exact) mass is 262 g/mol. The highest BCUT2D eigenvalue weighted by Crippen LogP contribution is 2.39. The molecule has 0 spiro atoms. The number of aryl methyl sites for hydroxylation is 1. The van der Waals surface area contributed by atoms with Crippen LogP contribution in [-0.4, -0.2) is 10.5 Å². The molecule has 0 aliphatic heterocycles. The highest BCUT2D eigenvalue weighted by molar-refractivity contribution is 6.31. The van der Waals surface area contributed by atoms with Gasteiger partial charge in [0.05, 0.1) is 5.92 Å². The Morgan fingerprint density at radius 2 is 2.28 bits per heavy atom. The van der Waals surface area contributed by atoms with E-state index in [-0.39, 0.29) is 11.8 Å². The Kier molecular flexibility index (Phi) is 2.59. The van der Waals surface area contributed by atoms with Crippen LogP contribution in [0.4, 0.5) is 0 Å². The van der Waals surface area contributed by atoms with Crippen LogP contribution in [0.2, 0.25) is 5.02 Å². The second-order valence-electron chi connectivity index (χ2n) is 4.93. The van der Waals surface area contributed by atoms with E-state index < -0.39 is 0 Å². The number of hydrogen-bond acceptors (Lipinski definition) is 1. The van der Waals surface area contributed by atoms with E-state index >= 15 is 0 Å². The van der Waals surface area contributed by atoms with E-state index in [1.807, 2.05) is 25.2 Å². The molecule has 2 N–H and O–H groups in total. The molecule has 1 aromatic heterocycles. The second-order valence-corrected chi connectivity index (χ2v) is 5.36. The molecular weight excluding hydrogens is 248 g/mol. The lowest BCUT2D eigenvalue weighted by Crippen LogP contribution is -2.25. The summed E-state index contributed by atoms with van der Waals surface area (Å²) in [4.78, 5) is 11.6. The third kappa shape index (κ3) is 1.54. The van der Waals surface area contributed by atoms with Crippen LogP contribution in [0.5, 0.6) is 0 Å². The van der Waals surface area contributed by atoms with E-state index in [9.17, 15) is 4.79 Å². The lowest BCUT2D eigenvalue weighted by atomic mass is 9.84. The number of primary amides is 1. The molecule has 0 saturated carbocycles. The minimum absolute atomic E-state index is 0.170. The lowest BCUT2D eigenvalue weighted by Gasteiger charge is -2.21. The van der Waals surface area contributed by atoms with Gasteiger partial charge in [-0.1, -0.05) is 11.6 Å². The summed E-state index contributed by atoms with van der Waals surface area (Å²) < 4.78 is 2.16. The average Bonchev–Trinajstić information content (AvgIpc) is 2.63. The van der Waals surface area contributed by atoms with Crippen molar-refractivity contribution in [1.29, 1.82) is 0 Å². The van der Waals surface area contributed by atoms with Crippen LogP contribution < -0.4 is 5.73 Å². The maximum atomic E-state index is 11.6. The first-order valence-corrected chi connectivity index (χ1v) is 6.53. The number of hydrogen-bond donors (Lipinski definition) is 1. The number of benzene rings is 1. The van der Waals surface area contributed by atoms with Gasteiger partial charge in [-0.15, -0.1) is 0 Å². The Labute approximate surface area is 111 Å². The normalized spacial score (nSPS) is 18.9. The molecule has 1 aliphatic carbocycles. The van der Waals surface area contributed by atoms with E-state index in [1.54, 1.807) is 0 Å². The third-order valence-corrected chi connectivity index (χ3v) is 4.16. The van der Waals surface area contributed by atoms with Crippen LogP contribution >= 0.6 is 11.6 Å². The minimum Gasteiger partial charge on any atom is -0.369 e. The Morgan fingerprint density at radius 1 is 1.50 bits per heavy atom. The van der Waals surface area contributed by atoms with Gasteiger partial charge in [0.25, 0.3) is 0 Å². The molecule has 1 aromatic carbocycles. The summed E-state index contributed by atoms with van der Waals surface area (Å²) in [7, 11) is 2.04. The van der Waals surface area contributed by atoms with Gasteiger partial charge in [-0.3, -0.25) is 4.79 Å². The molecule has 0 fully saturated rings. The predicted molar refractivity (Wildman–Crippen MR) is 72.8 cm³/mol. The fraction of sp³-hybridized carbons (Fsp3) is 0.357.